The molecular weight excluding hydrogens is 244 g/mol. The standard InChI is InChI=1S/C19H32O/c1-5-18(2,3)11-20-19(4)10-14-9-15(19)17-13-7-6-12(8-13)16(14)17/h12-17H,5-11H2,1-4H3. The maximum Gasteiger partial charge on any atom is 0.0688 e. The zero-order chi connectivity index (χ0) is 14.1. The lowest BCUT2D eigenvalue weighted by Crippen LogP contribution is -2.45. The lowest BCUT2D eigenvalue weighted by molar-refractivity contribution is -0.125. The van der Waals surface area contributed by atoms with Gasteiger partial charge >= 0.3 is 0 Å². The SMILES string of the molecule is CCC(C)(C)COC1(C)CC2CC1C1C3CCC(C3)C21. The maximum atomic E-state index is 6.60. The summed E-state index contributed by atoms with van der Waals surface area (Å²) >= 11 is 0. The molecule has 1 nitrogen and oxygen atoms in total. The fourth-order valence-corrected chi connectivity index (χ4v) is 6.49. The molecule has 7 atom stereocenters. The van der Waals surface area contributed by atoms with Crippen molar-refractivity contribution in [2.24, 2.45) is 40.9 Å². The Hall–Kier alpha value is -0.0400. The van der Waals surface area contributed by atoms with Crippen LogP contribution in [0.1, 0.15) is 66.2 Å². The van der Waals surface area contributed by atoms with E-state index in [1.807, 2.05) is 0 Å². The zero-order valence-corrected chi connectivity index (χ0v) is 13.8. The van der Waals surface area contributed by atoms with Gasteiger partial charge in [-0.05, 0) is 86.4 Å². The molecule has 4 bridgehead atoms. The summed E-state index contributed by atoms with van der Waals surface area (Å²) in [7, 11) is 0. The van der Waals surface area contributed by atoms with Crippen LogP contribution in [0.3, 0.4) is 0 Å². The van der Waals surface area contributed by atoms with Crippen LogP contribution in [0.5, 0.6) is 0 Å². The number of hydrogen-bond donors (Lipinski definition) is 0. The normalized spacial score (nSPS) is 52.8. The average molecular weight is 276 g/mol. The summed E-state index contributed by atoms with van der Waals surface area (Å²) in [4.78, 5) is 0. The molecule has 0 saturated heterocycles. The average Bonchev–Trinajstić information content (AvgIpc) is 3.13. The molecule has 4 saturated carbocycles. The molecule has 0 aromatic heterocycles. The van der Waals surface area contributed by atoms with Crippen LogP contribution in [0.15, 0.2) is 0 Å². The van der Waals surface area contributed by atoms with Gasteiger partial charge in [0.2, 0.25) is 0 Å². The highest BCUT2D eigenvalue weighted by atomic mass is 16.5. The molecule has 0 aliphatic heterocycles. The zero-order valence-electron chi connectivity index (χ0n) is 13.8. The van der Waals surface area contributed by atoms with Crippen LogP contribution in [-0.2, 0) is 4.74 Å². The van der Waals surface area contributed by atoms with Crippen LogP contribution in [0.25, 0.3) is 0 Å². The van der Waals surface area contributed by atoms with Crippen molar-refractivity contribution in [3.8, 4) is 0 Å². The minimum Gasteiger partial charge on any atom is -0.374 e. The highest BCUT2D eigenvalue weighted by Gasteiger charge is 2.66. The second-order valence-electron chi connectivity index (χ2n) is 9.41. The molecule has 0 heterocycles. The van der Waals surface area contributed by atoms with Crippen LogP contribution in [-0.4, -0.2) is 12.2 Å². The Kier molecular flexibility index (Phi) is 2.89. The molecular formula is C19H32O. The largest absolute Gasteiger partial charge is 0.374 e. The first kappa shape index (κ1) is 13.6. The first-order valence-electron chi connectivity index (χ1n) is 9.07. The minimum atomic E-state index is 0.211. The van der Waals surface area contributed by atoms with Crippen LogP contribution in [0.2, 0.25) is 0 Å². The quantitative estimate of drug-likeness (QED) is 0.664. The third-order valence-corrected chi connectivity index (χ3v) is 7.81. The van der Waals surface area contributed by atoms with E-state index in [-0.39, 0.29) is 5.60 Å². The van der Waals surface area contributed by atoms with Gasteiger partial charge in [0.25, 0.3) is 0 Å². The van der Waals surface area contributed by atoms with Crippen LogP contribution in [0, 0.1) is 40.9 Å². The molecule has 0 spiro atoms. The summed E-state index contributed by atoms with van der Waals surface area (Å²) < 4.78 is 6.60. The molecule has 4 aliphatic carbocycles. The molecule has 0 radical (unpaired) electrons. The fraction of sp³-hybridized carbons (Fsp3) is 1.00. The van der Waals surface area contributed by atoms with Crippen LogP contribution < -0.4 is 0 Å². The summed E-state index contributed by atoms with van der Waals surface area (Å²) in [5.74, 6) is 6.23. The topological polar surface area (TPSA) is 9.23 Å². The summed E-state index contributed by atoms with van der Waals surface area (Å²) in [5.41, 5.74) is 0.557. The maximum absolute atomic E-state index is 6.60. The van der Waals surface area contributed by atoms with E-state index in [4.69, 9.17) is 4.74 Å². The predicted molar refractivity (Wildman–Crippen MR) is 82.5 cm³/mol. The van der Waals surface area contributed by atoms with Gasteiger partial charge in [0, 0.05) is 0 Å². The Bertz CT molecular complexity index is 401. The third kappa shape index (κ3) is 1.77. The lowest BCUT2D eigenvalue weighted by Gasteiger charge is -2.45. The molecule has 1 heteroatoms. The molecule has 4 fully saturated rings. The number of fused-ring (bicyclic) bond motifs is 9. The summed E-state index contributed by atoms with van der Waals surface area (Å²) in [6, 6.07) is 0. The van der Waals surface area contributed by atoms with Crippen molar-refractivity contribution >= 4 is 0 Å². The Morgan fingerprint density at radius 3 is 2.45 bits per heavy atom. The van der Waals surface area contributed by atoms with Gasteiger partial charge in [0.1, 0.15) is 0 Å². The van der Waals surface area contributed by atoms with E-state index >= 15 is 0 Å². The van der Waals surface area contributed by atoms with Gasteiger partial charge in [0.05, 0.1) is 12.2 Å². The smallest absolute Gasteiger partial charge is 0.0688 e. The van der Waals surface area contributed by atoms with Crippen molar-refractivity contribution in [2.75, 3.05) is 6.61 Å². The van der Waals surface area contributed by atoms with Crippen LogP contribution in [0.4, 0.5) is 0 Å². The molecule has 7 unspecified atom stereocenters. The summed E-state index contributed by atoms with van der Waals surface area (Å²) in [5, 5.41) is 0. The Morgan fingerprint density at radius 2 is 1.75 bits per heavy atom. The molecule has 0 amide bonds. The Morgan fingerprint density at radius 1 is 1.05 bits per heavy atom. The van der Waals surface area contributed by atoms with Crippen LogP contribution >= 0.6 is 0 Å². The van der Waals surface area contributed by atoms with Gasteiger partial charge < -0.3 is 4.74 Å². The lowest BCUT2D eigenvalue weighted by atomic mass is 9.66. The van der Waals surface area contributed by atoms with E-state index in [1.54, 1.807) is 12.8 Å². The first-order chi connectivity index (χ1) is 9.43. The van der Waals surface area contributed by atoms with E-state index < -0.39 is 0 Å². The van der Waals surface area contributed by atoms with Gasteiger partial charge in [0.15, 0.2) is 0 Å². The number of rotatable bonds is 4. The van der Waals surface area contributed by atoms with Gasteiger partial charge in [-0.3, -0.25) is 0 Å². The van der Waals surface area contributed by atoms with Gasteiger partial charge in [-0.1, -0.05) is 20.8 Å². The van der Waals surface area contributed by atoms with E-state index in [0.29, 0.717) is 5.41 Å². The van der Waals surface area contributed by atoms with E-state index in [0.717, 1.165) is 42.1 Å². The number of ether oxygens (including phenoxy) is 1. The van der Waals surface area contributed by atoms with Gasteiger partial charge in [-0.2, -0.15) is 0 Å². The van der Waals surface area contributed by atoms with Crippen molar-refractivity contribution in [1.29, 1.82) is 0 Å². The number of hydrogen-bond acceptors (Lipinski definition) is 1. The molecule has 114 valence electrons. The molecule has 4 rings (SSSR count). The second kappa shape index (κ2) is 4.24. The van der Waals surface area contributed by atoms with Gasteiger partial charge in [-0.15, -0.1) is 0 Å². The highest BCUT2D eigenvalue weighted by molar-refractivity contribution is 5.15. The molecule has 0 aromatic rings. The minimum absolute atomic E-state index is 0.211. The molecule has 0 aromatic carbocycles. The molecule has 0 N–H and O–H groups in total. The molecule has 4 aliphatic rings. The first-order valence-corrected chi connectivity index (χ1v) is 9.07. The van der Waals surface area contributed by atoms with E-state index in [2.05, 4.69) is 27.7 Å². The molecule has 20 heavy (non-hydrogen) atoms. The summed E-state index contributed by atoms with van der Waals surface area (Å²) in [6.07, 6.45) is 8.72. The fourth-order valence-electron chi connectivity index (χ4n) is 6.49. The van der Waals surface area contributed by atoms with Gasteiger partial charge in [-0.25, -0.2) is 0 Å². The van der Waals surface area contributed by atoms with Crippen molar-refractivity contribution in [1.82, 2.24) is 0 Å². The second-order valence-corrected chi connectivity index (χ2v) is 9.41. The van der Waals surface area contributed by atoms with E-state index in [1.165, 1.54) is 25.7 Å². The van der Waals surface area contributed by atoms with Crippen molar-refractivity contribution < 1.29 is 4.74 Å². The van der Waals surface area contributed by atoms with Crippen molar-refractivity contribution in [2.45, 2.75) is 71.8 Å². The van der Waals surface area contributed by atoms with Crippen molar-refractivity contribution in [3.63, 3.8) is 0 Å². The Labute approximate surface area is 124 Å². The van der Waals surface area contributed by atoms with Crippen molar-refractivity contribution in [3.05, 3.63) is 0 Å². The monoisotopic (exact) mass is 276 g/mol. The van der Waals surface area contributed by atoms with E-state index in [9.17, 15) is 0 Å². The third-order valence-electron chi connectivity index (χ3n) is 7.81. The summed E-state index contributed by atoms with van der Waals surface area (Å²) in [6.45, 7) is 10.4. The Balaban J connectivity index is 1.49. The predicted octanol–water partition coefficient (Wildman–Crippen LogP) is 4.90. The highest BCUT2D eigenvalue weighted by Crippen LogP contribution is 2.70.